The van der Waals surface area contributed by atoms with Gasteiger partial charge in [-0.15, -0.1) is 0 Å². The molecular weight excluding hydrogens is 448 g/mol. The van der Waals surface area contributed by atoms with Crippen molar-refractivity contribution in [3.63, 3.8) is 0 Å². The molecule has 35 heavy (non-hydrogen) atoms. The van der Waals surface area contributed by atoms with Crippen molar-refractivity contribution in [3.8, 4) is 11.1 Å². The van der Waals surface area contributed by atoms with Gasteiger partial charge >= 0.3 is 12.1 Å². The Balaban J connectivity index is 1.05. The van der Waals surface area contributed by atoms with Gasteiger partial charge in [0.1, 0.15) is 6.61 Å². The zero-order valence-corrected chi connectivity index (χ0v) is 19.4. The lowest BCUT2D eigenvalue weighted by atomic mass is 9.71. The molecule has 0 heterocycles. The van der Waals surface area contributed by atoms with Crippen LogP contribution in [0.4, 0.5) is 4.79 Å². The molecule has 5 rings (SSSR count). The maximum absolute atomic E-state index is 12.3. The van der Waals surface area contributed by atoms with Crippen LogP contribution in [0.2, 0.25) is 0 Å². The number of benzene rings is 2. The first-order valence-electron chi connectivity index (χ1n) is 12.2. The maximum atomic E-state index is 12.3. The summed E-state index contributed by atoms with van der Waals surface area (Å²) in [5.41, 5.74) is 4.53. The van der Waals surface area contributed by atoms with Crippen LogP contribution in [0.5, 0.6) is 0 Å². The number of alkyl carbamates (subject to hydrolysis) is 1. The Bertz CT molecular complexity index is 1090. The second-order valence-electron chi connectivity index (χ2n) is 9.90. The summed E-state index contributed by atoms with van der Waals surface area (Å²) in [5, 5.41) is 24.8. The number of nitrogens with one attached hydrogen (secondary N) is 2. The van der Waals surface area contributed by atoms with E-state index in [4.69, 9.17) is 4.74 Å². The summed E-state index contributed by atoms with van der Waals surface area (Å²) >= 11 is 0. The van der Waals surface area contributed by atoms with E-state index in [0.717, 1.165) is 28.7 Å². The first-order chi connectivity index (χ1) is 16.9. The number of aliphatic carboxylic acids is 1. The van der Waals surface area contributed by atoms with Crippen molar-refractivity contribution in [2.24, 2.45) is 17.8 Å². The van der Waals surface area contributed by atoms with Crippen LogP contribution in [-0.4, -0.2) is 53.5 Å². The van der Waals surface area contributed by atoms with E-state index in [1.165, 1.54) is 0 Å². The average Bonchev–Trinajstić information content (AvgIpc) is 3.35. The Labute approximate surface area is 203 Å². The largest absolute Gasteiger partial charge is 0.481 e. The van der Waals surface area contributed by atoms with Crippen LogP contribution in [0.3, 0.4) is 0 Å². The molecule has 2 fully saturated rings. The standard InChI is InChI=1S/C27H30N2O6/c30-17(12-25(31)29-24-11-15-9-16(26(32)33)10-22(15)24)13-28-27(34)35-14-23-20-7-3-1-5-18(20)19-6-2-4-8-21(19)23/h1-8,15-17,22-24,30H,9-14H2,(H,28,34)(H,29,31)(H,32,33)/t15-,16?,17?,22-,24+/m1/s1. The number of carboxylic acids is 1. The number of ether oxygens (including phenoxy) is 1. The highest BCUT2D eigenvalue weighted by Crippen LogP contribution is 2.49. The maximum Gasteiger partial charge on any atom is 0.407 e. The van der Waals surface area contributed by atoms with Gasteiger partial charge in [0.05, 0.1) is 18.4 Å². The fourth-order valence-corrected chi connectivity index (χ4v) is 6.00. The smallest absolute Gasteiger partial charge is 0.407 e. The molecule has 2 saturated carbocycles. The number of carboxylic acid groups (broad SMARTS) is 1. The molecule has 2 amide bonds. The van der Waals surface area contributed by atoms with Gasteiger partial charge in [0.15, 0.2) is 0 Å². The number of aliphatic hydroxyl groups excluding tert-OH is 1. The quantitative estimate of drug-likeness (QED) is 0.462. The van der Waals surface area contributed by atoms with E-state index in [2.05, 4.69) is 22.8 Å². The third kappa shape index (κ3) is 4.75. The highest BCUT2D eigenvalue weighted by atomic mass is 16.5. The van der Waals surface area contributed by atoms with E-state index in [0.29, 0.717) is 18.8 Å². The molecule has 0 aromatic heterocycles. The van der Waals surface area contributed by atoms with Crippen LogP contribution in [0.15, 0.2) is 48.5 Å². The number of aliphatic hydroxyl groups is 1. The van der Waals surface area contributed by atoms with E-state index < -0.39 is 18.2 Å². The Kier molecular flexibility index (Phi) is 6.47. The highest BCUT2D eigenvalue weighted by Gasteiger charge is 2.49. The van der Waals surface area contributed by atoms with Crippen molar-refractivity contribution in [1.82, 2.24) is 10.6 Å². The summed E-state index contributed by atoms with van der Waals surface area (Å²) < 4.78 is 5.45. The second-order valence-corrected chi connectivity index (χ2v) is 9.90. The summed E-state index contributed by atoms with van der Waals surface area (Å²) in [6.45, 7) is 0.0832. The number of hydrogen-bond donors (Lipinski definition) is 4. The molecule has 184 valence electrons. The molecule has 2 aromatic carbocycles. The van der Waals surface area contributed by atoms with Crippen molar-refractivity contribution in [2.75, 3.05) is 13.2 Å². The van der Waals surface area contributed by atoms with Gasteiger partial charge in [-0.2, -0.15) is 0 Å². The van der Waals surface area contributed by atoms with Crippen molar-refractivity contribution in [1.29, 1.82) is 0 Å². The van der Waals surface area contributed by atoms with Gasteiger partial charge in [-0.05, 0) is 53.4 Å². The minimum absolute atomic E-state index is 0.0286. The molecule has 8 nitrogen and oxygen atoms in total. The van der Waals surface area contributed by atoms with E-state index in [1.807, 2.05) is 36.4 Å². The van der Waals surface area contributed by atoms with Gasteiger partial charge in [-0.3, -0.25) is 9.59 Å². The Morgan fingerprint density at radius 1 is 0.971 bits per heavy atom. The van der Waals surface area contributed by atoms with Gasteiger partial charge in [-0.1, -0.05) is 48.5 Å². The zero-order chi connectivity index (χ0) is 24.5. The van der Waals surface area contributed by atoms with Crippen molar-refractivity contribution < 1.29 is 29.3 Å². The Morgan fingerprint density at radius 2 is 1.63 bits per heavy atom. The predicted molar refractivity (Wildman–Crippen MR) is 128 cm³/mol. The monoisotopic (exact) mass is 478 g/mol. The lowest BCUT2D eigenvalue weighted by Gasteiger charge is -2.40. The summed E-state index contributed by atoms with van der Waals surface area (Å²) in [5.74, 6) is -0.865. The van der Waals surface area contributed by atoms with E-state index in [9.17, 15) is 24.6 Å². The fraction of sp³-hybridized carbons (Fsp3) is 0.444. The summed E-state index contributed by atoms with van der Waals surface area (Å²) in [6.07, 6.45) is 0.241. The van der Waals surface area contributed by atoms with E-state index >= 15 is 0 Å². The molecule has 0 spiro atoms. The van der Waals surface area contributed by atoms with Gasteiger partial charge < -0.3 is 25.6 Å². The lowest BCUT2D eigenvalue weighted by molar-refractivity contribution is -0.141. The molecule has 3 aliphatic carbocycles. The molecule has 0 aliphatic heterocycles. The van der Waals surface area contributed by atoms with Crippen LogP contribution in [0, 0.1) is 17.8 Å². The van der Waals surface area contributed by atoms with Crippen molar-refractivity contribution in [2.45, 2.75) is 43.7 Å². The molecule has 5 atom stereocenters. The van der Waals surface area contributed by atoms with Crippen LogP contribution in [0.25, 0.3) is 11.1 Å². The summed E-state index contributed by atoms with van der Waals surface area (Å²) in [6, 6.07) is 16.1. The lowest BCUT2D eigenvalue weighted by Crippen LogP contribution is -2.51. The van der Waals surface area contributed by atoms with Crippen LogP contribution in [-0.2, 0) is 14.3 Å². The van der Waals surface area contributed by atoms with Gasteiger partial charge in [0, 0.05) is 18.5 Å². The minimum atomic E-state index is -1.04. The highest BCUT2D eigenvalue weighted by molar-refractivity contribution is 5.79. The zero-order valence-electron chi connectivity index (χ0n) is 19.4. The predicted octanol–water partition coefficient (Wildman–Crippen LogP) is 2.89. The summed E-state index contributed by atoms with van der Waals surface area (Å²) in [4.78, 5) is 35.8. The molecule has 0 bridgehead atoms. The third-order valence-corrected chi connectivity index (χ3v) is 7.77. The topological polar surface area (TPSA) is 125 Å². The third-order valence-electron chi connectivity index (χ3n) is 7.77. The molecule has 2 unspecified atom stereocenters. The normalized spacial score (nSPS) is 24.9. The number of amides is 2. The van der Waals surface area contributed by atoms with Crippen LogP contribution in [0.1, 0.15) is 42.7 Å². The molecule has 2 aromatic rings. The van der Waals surface area contributed by atoms with E-state index in [1.54, 1.807) is 0 Å². The SMILES string of the molecule is O=C(CC(O)CNC(=O)OCC1c2ccccc2-c2ccccc21)N[C@H]1C[C@H]2CC(C(=O)O)C[C@H]21. The van der Waals surface area contributed by atoms with Crippen LogP contribution >= 0.6 is 0 Å². The average molecular weight is 479 g/mol. The number of rotatable bonds is 8. The first kappa shape index (κ1) is 23.4. The molecule has 0 saturated heterocycles. The Hall–Kier alpha value is -3.39. The number of hydrogen-bond acceptors (Lipinski definition) is 5. The second kappa shape index (κ2) is 9.70. The first-order valence-corrected chi connectivity index (χ1v) is 12.2. The van der Waals surface area contributed by atoms with Gasteiger partial charge in [0.2, 0.25) is 5.91 Å². The molecule has 3 aliphatic rings. The summed E-state index contributed by atoms with van der Waals surface area (Å²) in [7, 11) is 0. The molecule has 0 radical (unpaired) electrons. The van der Waals surface area contributed by atoms with Gasteiger partial charge in [0.25, 0.3) is 0 Å². The van der Waals surface area contributed by atoms with Crippen LogP contribution < -0.4 is 10.6 Å². The number of carbonyl (C=O) groups excluding carboxylic acids is 2. The van der Waals surface area contributed by atoms with E-state index in [-0.39, 0.29) is 49.3 Å². The number of fused-ring (bicyclic) bond motifs is 4. The fourth-order valence-electron chi connectivity index (χ4n) is 6.00. The molecular formula is C27H30N2O6. The molecule has 8 heteroatoms. The van der Waals surface area contributed by atoms with Gasteiger partial charge in [-0.25, -0.2) is 4.79 Å². The number of carbonyl (C=O) groups is 3. The van der Waals surface area contributed by atoms with Crippen molar-refractivity contribution >= 4 is 18.0 Å². The minimum Gasteiger partial charge on any atom is -0.481 e. The van der Waals surface area contributed by atoms with Crippen molar-refractivity contribution in [3.05, 3.63) is 59.7 Å². The molecule has 4 N–H and O–H groups in total. The Morgan fingerprint density at radius 3 is 2.29 bits per heavy atom.